The number of rotatable bonds is 9. The molecule has 1 rings (SSSR count). The lowest BCUT2D eigenvalue weighted by molar-refractivity contribution is 0.203. The van der Waals surface area contributed by atoms with Crippen LogP contribution in [0.15, 0.2) is 34.4 Å². The molecular formula is C13H23N5O3S. The minimum Gasteiger partial charge on any atom is -0.383 e. The molecule has 0 fully saturated rings. The summed E-state index contributed by atoms with van der Waals surface area (Å²) >= 11 is 0. The number of pyridine rings is 1. The van der Waals surface area contributed by atoms with Crippen LogP contribution in [0.1, 0.15) is 6.92 Å². The molecule has 0 aromatic carbocycles. The SMILES string of the molecule is CCNC(=NCCNS(=O)(=O)c1cccnc1)NCCOC. The van der Waals surface area contributed by atoms with Gasteiger partial charge < -0.3 is 15.4 Å². The highest BCUT2D eigenvalue weighted by Gasteiger charge is 2.12. The van der Waals surface area contributed by atoms with Crippen molar-refractivity contribution >= 4 is 16.0 Å². The van der Waals surface area contributed by atoms with Crippen molar-refractivity contribution in [3.8, 4) is 0 Å². The zero-order chi connectivity index (χ0) is 16.3. The van der Waals surface area contributed by atoms with Crippen molar-refractivity contribution in [2.24, 2.45) is 4.99 Å². The number of nitrogens with zero attached hydrogens (tertiary/aromatic N) is 2. The van der Waals surface area contributed by atoms with Crippen LogP contribution in [0.4, 0.5) is 0 Å². The molecule has 0 amide bonds. The third-order valence-electron chi connectivity index (χ3n) is 2.56. The van der Waals surface area contributed by atoms with Gasteiger partial charge in [0, 0.05) is 39.1 Å². The van der Waals surface area contributed by atoms with Gasteiger partial charge in [0.2, 0.25) is 10.0 Å². The molecule has 8 nitrogen and oxygen atoms in total. The lowest BCUT2D eigenvalue weighted by Crippen LogP contribution is -2.39. The summed E-state index contributed by atoms with van der Waals surface area (Å²) in [4.78, 5) is 8.22. The van der Waals surface area contributed by atoms with Gasteiger partial charge in [-0.25, -0.2) is 13.1 Å². The maximum atomic E-state index is 12.0. The topological polar surface area (TPSA) is 105 Å². The first-order valence-electron chi connectivity index (χ1n) is 7.01. The first-order valence-corrected chi connectivity index (χ1v) is 8.49. The van der Waals surface area contributed by atoms with Gasteiger partial charge in [-0.1, -0.05) is 0 Å². The average Bonchev–Trinajstić information content (AvgIpc) is 2.52. The van der Waals surface area contributed by atoms with Crippen LogP contribution in [0.5, 0.6) is 0 Å². The minimum atomic E-state index is -3.53. The number of nitrogens with one attached hydrogen (secondary N) is 3. The van der Waals surface area contributed by atoms with Gasteiger partial charge in [-0.2, -0.15) is 0 Å². The Hall–Kier alpha value is -1.71. The molecule has 9 heteroatoms. The van der Waals surface area contributed by atoms with Crippen molar-refractivity contribution in [3.63, 3.8) is 0 Å². The molecule has 0 saturated heterocycles. The first kappa shape index (κ1) is 18.3. The number of sulfonamides is 1. The maximum Gasteiger partial charge on any atom is 0.242 e. The smallest absolute Gasteiger partial charge is 0.242 e. The van der Waals surface area contributed by atoms with Crippen molar-refractivity contribution in [1.29, 1.82) is 0 Å². The van der Waals surface area contributed by atoms with Gasteiger partial charge in [-0.15, -0.1) is 0 Å². The van der Waals surface area contributed by atoms with Gasteiger partial charge in [0.05, 0.1) is 13.2 Å². The average molecular weight is 329 g/mol. The molecule has 0 radical (unpaired) electrons. The second-order valence-corrected chi connectivity index (χ2v) is 6.03. The van der Waals surface area contributed by atoms with Crippen LogP contribution < -0.4 is 15.4 Å². The van der Waals surface area contributed by atoms with Gasteiger partial charge in [0.1, 0.15) is 4.90 Å². The molecule has 0 bridgehead atoms. The Bertz CT molecular complexity index is 548. The Labute approximate surface area is 131 Å². The van der Waals surface area contributed by atoms with Crippen molar-refractivity contribution < 1.29 is 13.2 Å². The Morgan fingerprint density at radius 2 is 2.18 bits per heavy atom. The number of ether oxygens (including phenoxy) is 1. The molecule has 22 heavy (non-hydrogen) atoms. The van der Waals surface area contributed by atoms with Crippen LogP contribution in [-0.2, 0) is 14.8 Å². The quantitative estimate of drug-likeness (QED) is 0.322. The number of aliphatic imine (C=N–C) groups is 1. The van der Waals surface area contributed by atoms with Crippen LogP contribution in [0, 0.1) is 0 Å². The van der Waals surface area contributed by atoms with E-state index >= 15 is 0 Å². The third kappa shape index (κ3) is 6.83. The van der Waals surface area contributed by atoms with Crippen LogP contribution in [-0.4, -0.2) is 59.3 Å². The number of methoxy groups -OCH3 is 1. The van der Waals surface area contributed by atoms with E-state index in [1.165, 1.54) is 18.5 Å². The van der Waals surface area contributed by atoms with E-state index in [4.69, 9.17) is 4.74 Å². The molecule has 0 saturated carbocycles. The van der Waals surface area contributed by atoms with Gasteiger partial charge in [0.25, 0.3) is 0 Å². The molecule has 0 atom stereocenters. The lowest BCUT2D eigenvalue weighted by atomic mass is 10.5. The summed E-state index contributed by atoms with van der Waals surface area (Å²) in [5.74, 6) is 0.625. The number of guanidine groups is 1. The highest BCUT2D eigenvalue weighted by molar-refractivity contribution is 7.89. The highest BCUT2D eigenvalue weighted by Crippen LogP contribution is 2.04. The molecule has 124 valence electrons. The van der Waals surface area contributed by atoms with Crippen LogP contribution >= 0.6 is 0 Å². The van der Waals surface area contributed by atoms with Crippen molar-refractivity contribution in [2.45, 2.75) is 11.8 Å². The zero-order valence-electron chi connectivity index (χ0n) is 12.9. The van der Waals surface area contributed by atoms with Gasteiger partial charge in [0.15, 0.2) is 5.96 Å². The van der Waals surface area contributed by atoms with E-state index in [9.17, 15) is 8.42 Å². The largest absolute Gasteiger partial charge is 0.383 e. The molecule has 0 unspecified atom stereocenters. The first-order chi connectivity index (χ1) is 10.6. The van der Waals surface area contributed by atoms with Gasteiger partial charge in [-0.05, 0) is 19.1 Å². The van der Waals surface area contributed by atoms with Gasteiger partial charge >= 0.3 is 0 Å². The summed E-state index contributed by atoms with van der Waals surface area (Å²) in [7, 11) is -1.91. The molecule has 0 aliphatic heterocycles. The molecule has 0 spiro atoms. The Balaban J connectivity index is 2.45. The van der Waals surface area contributed by atoms with Crippen molar-refractivity contribution in [3.05, 3.63) is 24.5 Å². The number of hydrogen-bond donors (Lipinski definition) is 3. The molecule has 0 aliphatic rings. The van der Waals surface area contributed by atoms with Gasteiger partial charge in [-0.3, -0.25) is 9.98 Å². The molecule has 1 aromatic heterocycles. The van der Waals surface area contributed by atoms with E-state index in [0.29, 0.717) is 25.7 Å². The van der Waals surface area contributed by atoms with E-state index in [-0.39, 0.29) is 11.4 Å². The summed E-state index contributed by atoms with van der Waals surface area (Å²) in [5.41, 5.74) is 0. The van der Waals surface area contributed by atoms with Crippen molar-refractivity contribution in [2.75, 3.05) is 39.9 Å². The Morgan fingerprint density at radius 1 is 1.36 bits per heavy atom. The van der Waals surface area contributed by atoms with Crippen LogP contribution in [0.3, 0.4) is 0 Å². The predicted molar refractivity (Wildman–Crippen MR) is 85.3 cm³/mol. The molecular weight excluding hydrogens is 306 g/mol. The fraction of sp³-hybridized carbons (Fsp3) is 0.538. The molecule has 1 heterocycles. The summed E-state index contributed by atoms with van der Waals surface area (Å²) < 4.78 is 31.4. The fourth-order valence-electron chi connectivity index (χ4n) is 1.55. The maximum absolute atomic E-state index is 12.0. The van der Waals surface area contributed by atoms with E-state index in [0.717, 1.165) is 6.54 Å². The summed E-state index contributed by atoms with van der Waals surface area (Å²) in [6.45, 7) is 4.40. The number of hydrogen-bond acceptors (Lipinski definition) is 5. The van der Waals surface area contributed by atoms with E-state index in [1.807, 2.05) is 6.92 Å². The third-order valence-corrected chi connectivity index (χ3v) is 4.01. The molecule has 3 N–H and O–H groups in total. The van der Waals surface area contributed by atoms with E-state index < -0.39 is 10.0 Å². The monoisotopic (exact) mass is 329 g/mol. The number of aromatic nitrogens is 1. The van der Waals surface area contributed by atoms with E-state index in [2.05, 4.69) is 25.3 Å². The standard InChI is InChI=1S/C13H23N5O3S/c1-3-15-13(17-9-10-21-2)16-7-8-18-22(19,20)12-5-4-6-14-11-12/h4-6,11,18H,3,7-10H2,1-2H3,(H2,15,16,17). The second kappa shape index (κ2) is 10.1. The predicted octanol–water partition coefficient (Wildman–Crippen LogP) is -0.439. The molecule has 1 aromatic rings. The van der Waals surface area contributed by atoms with E-state index in [1.54, 1.807) is 13.2 Å². The van der Waals surface area contributed by atoms with Crippen LogP contribution in [0.25, 0.3) is 0 Å². The summed E-state index contributed by atoms with van der Waals surface area (Å²) in [6, 6.07) is 3.07. The molecule has 0 aliphatic carbocycles. The van der Waals surface area contributed by atoms with Crippen molar-refractivity contribution in [1.82, 2.24) is 20.3 Å². The highest BCUT2D eigenvalue weighted by atomic mass is 32.2. The minimum absolute atomic E-state index is 0.143. The Kier molecular flexibility index (Phi) is 8.41. The second-order valence-electron chi connectivity index (χ2n) is 4.27. The Morgan fingerprint density at radius 3 is 2.82 bits per heavy atom. The zero-order valence-corrected chi connectivity index (χ0v) is 13.7. The fourth-order valence-corrected chi connectivity index (χ4v) is 2.53. The normalized spacial score (nSPS) is 12.2. The summed E-state index contributed by atoms with van der Waals surface area (Å²) in [5, 5.41) is 6.14. The van der Waals surface area contributed by atoms with Crippen LogP contribution in [0.2, 0.25) is 0 Å². The summed E-state index contributed by atoms with van der Waals surface area (Å²) in [6.07, 6.45) is 2.83. The lowest BCUT2D eigenvalue weighted by Gasteiger charge is -2.11.